The van der Waals surface area contributed by atoms with E-state index in [2.05, 4.69) is 15.2 Å². The van der Waals surface area contributed by atoms with Gasteiger partial charge in [0.2, 0.25) is 5.91 Å². The Morgan fingerprint density at radius 3 is 3.19 bits per heavy atom. The first-order valence-electron chi connectivity index (χ1n) is 6.88. The molecule has 1 amide bonds. The molecule has 2 bridgehead atoms. The fourth-order valence-corrected chi connectivity index (χ4v) is 4.07. The van der Waals surface area contributed by atoms with Gasteiger partial charge in [0.05, 0.1) is 35.4 Å². The maximum atomic E-state index is 12.0. The Kier molecular flexibility index (Phi) is 3.24. The highest BCUT2D eigenvalue weighted by Gasteiger charge is 2.34. The molecule has 2 atom stereocenters. The summed E-state index contributed by atoms with van der Waals surface area (Å²) >= 11 is 7.65. The Hall–Kier alpha value is -1.37. The lowest BCUT2D eigenvalue weighted by molar-refractivity contribution is -0.124. The average Bonchev–Trinajstić information content (AvgIpc) is 2.67. The van der Waals surface area contributed by atoms with Crippen molar-refractivity contribution in [3.8, 4) is 0 Å². The number of benzene rings is 1. The van der Waals surface area contributed by atoms with Crippen LogP contribution in [0.4, 0.5) is 5.13 Å². The fraction of sp³-hybridized carbons (Fsp3) is 0.429. The molecule has 2 aliphatic rings. The maximum Gasteiger partial charge on any atom is 0.227 e. The number of ether oxygens (including phenoxy) is 1. The Balaban J connectivity index is 1.69. The number of thiazole rings is 1. The van der Waals surface area contributed by atoms with Crippen molar-refractivity contribution in [2.24, 2.45) is 5.92 Å². The molecule has 1 aromatic heterocycles. The van der Waals surface area contributed by atoms with Crippen molar-refractivity contribution in [3.63, 3.8) is 0 Å². The average molecular weight is 324 g/mol. The van der Waals surface area contributed by atoms with E-state index in [1.807, 2.05) is 18.2 Å². The number of aromatic nitrogens is 1. The summed E-state index contributed by atoms with van der Waals surface area (Å²) in [4.78, 5) is 18.9. The lowest BCUT2D eigenvalue weighted by Gasteiger charge is -2.26. The molecule has 2 saturated heterocycles. The van der Waals surface area contributed by atoms with E-state index in [1.165, 1.54) is 0 Å². The van der Waals surface area contributed by atoms with Crippen molar-refractivity contribution in [2.45, 2.75) is 6.04 Å². The monoisotopic (exact) mass is 323 g/mol. The molecule has 1 aromatic carbocycles. The van der Waals surface area contributed by atoms with Gasteiger partial charge in [0, 0.05) is 18.1 Å². The first-order valence-corrected chi connectivity index (χ1v) is 8.07. The van der Waals surface area contributed by atoms with Crippen LogP contribution in [0.25, 0.3) is 10.2 Å². The molecular weight excluding hydrogens is 310 g/mol. The number of hydrogen-bond acceptors (Lipinski definition) is 5. The van der Waals surface area contributed by atoms with Gasteiger partial charge in [0.15, 0.2) is 5.13 Å². The minimum atomic E-state index is -0.131. The van der Waals surface area contributed by atoms with Crippen molar-refractivity contribution < 1.29 is 9.53 Å². The minimum absolute atomic E-state index is 0.0283. The molecule has 1 N–H and O–H groups in total. The number of carbonyl (C=O) groups is 1. The number of hydrogen-bond donors (Lipinski definition) is 1. The predicted molar refractivity (Wildman–Crippen MR) is 83.1 cm³/mol. The van der Waals surface area contributed by atoms with Gasteiger partial charge < -0.3 is 15.0 Å². The summed E-state index contributed by atoms with van der Waals surface area (Å²) in [6, 6.07) is 5.75. The van der Waals surface area contributed by atoms with Gasteiger partial charge in [-0.25, -0.2) is 4.98 Å². The molecule has 2 aromatic rings. The molecule has 21 heavy (non-hydrogen) atoms. The summed E-state index contributed by atoms with van der Waals surface area (Å²) in [7, 11) is 0. The molecule has 0 saturated carbocycles. The molecule has 0 aliphatic carbocycles. The van der Waals surface area contributed by atoms with E-state index in [4.69, 9.17) is 16.3 Å². The van der Waals surface area contributed by atoms with Crippen molar-refractivity contribution >= 4 is 44.2 Å². The Labute approximate surface area is 130 Å². The largest absolute Gasteiger partial charge is 0.378 e. The minimum Gasteiger partial charge on any atom is -0.378 e. The second-order valence-corrected chi connectivity index (χ2v) is 6.90. The van der Waals surface area contributed by atoms with Gasteiger partial charge >= 0.3 is 0 Å². The molecule has 2 fully saturated rings. The van der Waals surface area contributed by atoms with Gasteiger partial charge in [0.1, 0.15) is 0 Å². The zero-order valence-corrected chi connectivity index (χ0v) is 12.8. The van der Waals surface area contributed by atoms with E-state index in [0.717, 1.165) is 26.9 Å². The highest BCUT2D eigenvalue weighted by molar-refractivity contribution is 7.22. The number of fused-ring (bicyclic) bond motifs is 4. The molecule has 7 heteroatoms. The van der Waals surface area contributed by atoms with E-state index >= 15 is 0 Å². The normalized spacial score (nSPS) is 25.8. The van der Waals surface area contributed by atoms with E-state index in [1.54, 1.807) is 11.3 Å². The van der Waals surface area contributed by atoms with E-state index in [0.29, 0.717) is 19.8 Å². The van der Waals surface area contributed by atoms with Crippen LogP contribution in [0.5, 0.6) is 0 Å². The summed E-state index contributed by atoms with van der Waals surface area (Å²) in [5.74, 6) is -0.0442. The molecule has 2 aliphatic heterocycles. The van der Waals surface area contributed by atoms with Crippen LogP contribution >= 0.6 is 22.9 Å². The lowest BCUT2D eigenvalue weighted by atomic mass is 10.1. The summed E-state index contributed by atoms with van der Waals surface area (Å²) in [6.45, 7) is 2.43. The predicted octanol–water partition coefficient (Wildman–Crippen LogP) is 1.90. The second-order valence-electron chi connectivity index (χ2n) is 5.45. The van der Waals surface area contributed by atoms with Gasteiger partial charge in [-0.2, -0.15) is 0 Å². The van der Waals surface area contributed by atoms with Crippen LogP contribution in [-0.4, -0.2) is 43.2 Å². The fourth-order valence-electron chi connectivity index (χ4n) is 2.81. The number of carbonyl (C=O) groups excluding carboxylic acids is 1. The standard InChI is InChI=1S/C14H14ClN3O2S/c15-9-1-2-11-12(3-9)21-14(17-11)18-4-8-6-20-7-10(5-18)16-13(8)19/h1-3,8,10H,4-7H2,(H,16,19)/t8-,10+/m1/s1. The van der Waals surface area contributed by atoms with Crippen LogP contribution in [0, 0.1) is 5.92 Å². The number of nitrogens with zero attached hydrogens (tertiary/aromatic N) is 2. The number of amides is 1. The summed E-state index contributed by atoms with van der Waals surface area (Å²) in [5, 5.41) is 4.70. The van der Waals surface area contributed by atoms with E-state index in [-0.39, 0.29) is 17.9 Å². The van der Waals surface area contributed by atoms with E-state index < -0.39 is 0 Å². The van der Waals surface area contributed by atoms with Crippen LogP contribution in [0.2, 0.25) is 5.02 Å². The zero-order chi connectivity index (χ0) is 14.4. The highest BCUT2D eigenvalue weighted by atomic mass is 35.5. The van der Waals surface area contributed by atoms with Crippen LogP contribution in [0.3, 0.4) is 0 Å². The maximum absolute atomic E-state index is 12.0. The van der Waals surface area contributed by atoms with Crippen LogP contribution < -0.4 is 10.2 Å². The summed E-state index contributed by atoms with van der Waals surface area (Å²) in [5.41, 5.74) is 0.948. The molecule has 4 rings (SSSR count). The van der Waals surface area contributed by atoms with Crippen molar-refractivity contribution in [1.29, 1.82) is 0 Å². The highest BCUT2D eigenvalue weighted by Crippen LogP contribution is 2.32. The van der Waals surface area contributed by atoms with E-state index in [9.17, 15) is 4.79 Å². The first kappa shape index (κ1) is 13.3. The van der Waals surface area contributed by atoms with Crippen molar-refractivity contribution in [1.82, 2.24) is 10.3 Å². The number of halogens is 1. The third-order valence-electron chi connectivity index (χ3n) is 3.85. The SMILES string of the molecule is O=C1N[C@@H]2COC[C@H]1CN(c1nc3ccc(Cl)cc3s1)C2. The van der Waals surface area contributed by atoms with Crippen LogP contribution in [-0.2, 0) is 9.53 Å². The molecular formula is C14H14ClN3O2S. The van der Waals surface area contributed by atoms with Crippen LogP contribution in [0.15, 0.2) is 18.2 Å². The molecule has 0 radical (unpaired) electrons. The quantitative estimate of drug-likeness (QED) is 0.871. The Bertz CT molecular complexity index is 705. The molecule has 0 spiro atoms. The van der Waals surface area contributed by atoms with Crippen molar-refractivity contribution in [2.75, 3.05) is 31.2 Å². The Morgan fingerprint density at radius 2 is 2.29 bits per heavy atom. The second kappa shape index (κ2) is 5.12. The Morgan fingerprint density at radius 1 is 1.38 bits per heavy atom. The first-order chi connectivity index (χ1) is 10.2. The third kappa shape index (κ3) is 2.47. The molecule has 5 nitrogen and oxygen atoms in total. The third-order valence-corrected chi connectivity index (χ3v) is 5.16. The van der Waals surface area contributed by atoms with Gasteiger partial charge in [-0.1, -0.05) is 22.9 Å². The smallest absolute Gasteiger partial charge is 0.227 e. The van der Waals surface area contributed by atoms with Gasteiger partial charge in [0.25, 0.3) is 0 Å². The topological polar surface area (TPSA) is 54.5 Å². The summed E-state index contributed by atoms with van der Waals surface area (Å²) < 4.78 is 6.62. The van der Waals surface area contributed by atoms with Crippen LogP contribution in [0.1, 0.15) is 0 Å². The molecule has 0 unspecified atom stereocenters. The van der Waals surface area contributed by atoms with Gasteiger partial charge in [-0.05, 0) is 18.2 Å². The summed E-state index contributed by atoms with van der Waals surface area (Å²) in [6.07, 6.45) is 0. The van der Waals surface area contributed by atoms with Gasteiger partial charge in [-0.15, -0.1) is 0 Å². The lowest BCUT2D eigenvalue weighted by Crippen LogP contribution is -2.42. The van der Waals surface area contributed by atoms with Crippen molar-refractivity contribution in [3.05, 3.63) is 23.2 Å². The number of rotatable bonds is 1. The molecule has 3 heterocycles. The molecule has 110 valence electrons. The number of anilines is 1. The zero-order valence-electron chi connectivity index (χ0n) is 11.2. The number of nitrogens with one attached hydrogen (secondary N) is 1. The van der Waals surface area contributed by atoms with Gasteiger partial charge in [-0.3, -0.25) is 4.79 Å².